The maximum absolute atomic E-state index is 13.2. The number of nitrogens with two attached hydrogens (primary N) is 1. The van der Waals surface area contributed by atoms with E-state index < -0.39 is 0 Å². The Labute approximate surface area is 149 Å². The van der Waals surface area contributed by atoms with Gasteiger partial charge in [-0.2, -0.15) is 10.1 Å². The average molecular weight is 354 g/mol. The lowest BCUT2D eigenvalue weighted by molar-refractivity contribution is 0.498. The molecular formula is C18H19FN6O. The molecule has 7 nitrogen and oxygen atoms in total. The Kier molecular flexibility index (Phi) is 4.16. The van der Waals surface area contributed by atoms with Crippen molar-refractivity contribution in [3.05, 3.63) is 58.4 Å². The van der Waals surface area contributed by atoms with Crippen LogP contribution in [0.15, 0.2) is 41.3 Å². The third-order valence-corrected chi connectivity index (χ3v) is 4.72. The molecule has 1 atom stereocenters. The summed E-state index contributed by atoms with van der Waals surface area (Å²) in [7, 11) is 0. The smallest absolute Gasteiger partial charge is 0.254 e. The Morgan fingerprint density at radius 2 is 2.08 bits per heavy atom. The molecule has 3 heterocycles. The van der Waals surface area contributed by atoms with Gasteiger partial charge in [0.15, 0.2) is 0 Å². The number of hydrogen-bond donors (Lipinski definition) is 3. The number of nitrogens with zero attached hydrogens (tertiary/aromatic N) is 3. The molecule has 134 valence electrons. The molecule has 0 bridgehead atoms. The normalized spacial score (nSPS) is 17.4. The minimum Gasteiger partial charge on any atom is -0.369 e. The Morgan fingerprint density at radius 1 is 1.27 bits per heavy atom. The fourth-order valence-electron chi connectivity index (χ4n) is 3.51. The van der Waals surface area contributed by atoms with Crippen LogP contribution in [-0.4, -0.2) is 33.3 Å². The number of hydrogen-bond acceptors (Lipinski definition) is 5. The van der Waals surface area contributed by atoms with Gasteiger partial charge in [0.05, 0.1) is 6.20 Å². The van der Waals surface area contributed by atoms with Gasteiger partial charge in [0.25, 0.3) is 5.56 Å². The van der Waals surface area contributed by atoms with Crippen LogP contribution in [0.25, 0.3) is 11.1 Å². The van der Waals surface area contributed by atoms with Crippen LogP contribution >= 0.6 is 0 Å². The quantitative estimate of drug-likeness (QED) is 0.669. The van der Waals surface area contributed by atoms with E-state index in [0.29, 0.717) is 12.4 Å². The van der Waals surface area contributed by atoms with Gasteiger partial charge >= 0.3 is 0 Å². The van der Waals surface area contributed by atoms with E-state index >= 15 is 0 Å². The summed E-state index contributed by atoms with van der Waals surface area (Å²) in [6.07, 6.45) is 3.72. The number of nitrogen functional groups attached to an aromatic ring is 1. The van der Waals surface area contributed by atoms with Crippen molar-refractivity contribution in [2.24, 2.45) is 0 Å². The topological polar surface area (TPSA) is 104 Å². The number of piperidine rings is 1. The highest BCUT2D eigenvalue weighted by molar-refractivity contribution is 5.66. The van der Waals surface area contributed by atoms with Crippen molar-refractivity contribution in [3.63, 3.8) is 0 Å². The van der Waals surface area contributed by atoms with Crippen LogP contribution in [0.3, 0.4) is 0 Å². The van der Waals surface area contributed by atoms with E-state index in [0.717, 1.165) is 36.2 Å². The molecule has 0 unspecified atom stereocenters. The summed E-state index contributed by atoms with van der Waals surface area (Å²) in [4.78, 5) is 20.5. The molecule has 1 saturated heterocycles. The van der Waals surface area contributed by atoms with E-state index in [4.69, 9.17) is 5.73 Å². The van der Waals surface area contributed by atoms with Gasteiger partial charge in [-0.3, -0.25) is 14.9 Å². The zero-order valence-corrected chi connectivity index (χ0v) is 14.1. The van der Waals surface area contributed by atoms with Crippen molar-refractivity contribution < 1.29 is 4.39 Å². The number of rotatable bonds is 3. The summed E-state index contributed by atoms with van der Waals surface area (Å²) in [6.45, 7) is 1.51. The summed E-state index contributed by atoms with van der Waals surface area (Å²) in [5.41, 5.74) is 8.31. The molecule has 8 heteroatoms. The predicted octanol–water partition coefficient (Wildman–Crippen LogP) is 2.27. The number of H-pyrrole nitrogens is 2. The first kappa shape index (κ1) is 16.3. The number of anilines is 2. The number of halogens is 1. The first-order valence-electron chi connectivity index (χ1n) is 8.51. The summed E-state index contributed by atoms with van der Waals surface area (Å²) in [6, 6.07) is 7.86. The summed E-state index contributed by atoms with van der Waals surface area (Å²) < 4.78 is 13.2. The van der Waals surface area contributed by atoms with Gasteiger partial charge in [-0.1, -0.05) is 12.1 Å². The van der Waals surface area contributed by atoms with Crippen molar-refractivity contribution in [1.82, 2.24) is 20.2 Å². The van der Waals surface area contributed by atoms with E-state index in [1.807, 2.05) is 0 Å². The Bertz CT molecular complexity index is 964. The highest BCUT2D eigenvalue weighted by Crippen LogP contribution is 2.34. The van der Waals surface area contributed by atoms with E-state index in [2.05, 4.69) is 25.1 Å². The Balaban J connectivity index is 1.62. The maximum Gasteiger partial charge on any atom is 0.254 e. The second kappa shape index (κ2) is 6.62. The molecule has 1 fully saturated rings. The van der Waals surface area contributed by atoms with E-state index in [1.165, 1.54) is 18.2 Å². The van der Waals surface area contributed by atoms with Crippen molar-refractivity contribution >= 4 is 11.8 Å². The molecule has 0 aliphatic carbocycles. The minimum absolute atomic E-state index is 0.114. The number of aromatic nitrogens is 4. The van der Waals surface area contributed by atoms with Crippen LogP contribution in [0.2, 0.25) is 0 Å². The first-order valence-corrected chi connectivity index (χ1v) is 8.51. The molecule has 0 radical (unpaired) electrons. The number of aromatic amines is 2. The van der Waals surface area contributed by atoms with Crippen molar-refractivity contribution in [2.45, 2.75) is 18.8 Å². The molecule has 0 spiro atoms. The van der Waals surface area contributed by atoms with Gasteiger partial charge in [-0.15, -0.1) is 0 Å². The molecule has 1 aliphatic heterocycles. The van der Waals surface area contributed by atoms with Gasteiger partial charge in [0.1, 0.15) is 11.6 Å². The molecule has 0 saturated carbocycles. The zero-order valence-electron chi connectivity index (χ0n) is 14.1. The lowest BCUT2D eigenvalue weighted by atomic mass is 9.90. The average Bonchev–Trinajstić information content (AvgIpc) is 3.11. The summed E-state index contributed by atoms with van der Waals surface area (Å²) >= 11 is 0. The Hall–Kier alpha value is -3.16. The van der Waals surface area contributed by atoms with Crippen molar-refractivity contribution in [1.29, 1.82) is 0 Å². The standard InChI is InChI=1S/C18H19FN6O/c19-13-5-3-11(4-6-13)14-9-21-24-17(14)12-2-1-7-25(10-12)15-8-16(26)23-18(20)22-15/h3-6,8-9,12H,1-2,7,10H2,(H,21,24)(H3,20,22,23,26)/t12-/m0/s1. The van der Waals surface area contributed by atoms with Crippen LogP contribution in [0.5, 0.6) is 0 Å². The van der Waals surface area contributed by atoms with Crippen molar-refractivity contribution in [3.8, 4) is 11.1 Å². The van der Waals surface area contributed by atoms with Gasteiger partial charge in [-0.05, 0) is 30.5 Å². The van der Waals surface area contributed by atoms with Crippen LogP contribution in [0.4, 0.5) is 16.2 Å². The van der Waals surface area contributed by atoms with E-state index in [1.54, 1.807) is 18.3 Å². The molecule has 1 aromatic carbocycles. The minimum atomic E-state index is -0.263. The third-order valence-electron chi connectivity index (χ3n) is 4.72. The fourth-order valence-corrected chi connectivity index (χ4v) is 3.51. The highest BCUT2D eigenvalue weighted by atomic mass is 19.1. The monoisotopic (exact) mass is 354 g/mol. The Morgan fingerprint density at radius 3 is 2.85 bits per heavy atom. The highest BCUT2D eigenvalue weighted by Gasteiger charge is 2.26. The molecule has 2 aromatic heterocycles. The molecule has 4 N–H and O–H groups in total. The molecular weight excluding hydrogens is 335 g/mol. The summed E-state index contributed by atoms with van der Waals surface area (Å²) in [5.74, 6) is 0.635. The predicted molar refractivity (Wildman–Crippen MR) is 97.4 cm³/mol. The largest absolute Gasteiger partial charge is 0.369 e. The lowest BCUT2D eigenvalue weighted by Gasteiger charge is -2.33. The number of nitrogens with one attached hydrogen (secondary N) is 2. The maximum atomic E-state index is 13.2. The summed E-state index contributed by atoms with van der Waals surface area (Å²) in [5, 5.41) is 7.29. The lowest BCUT2D eigenvalue weighted by Crippen LogP contribution is -2.36. The molecule has 4 rings (SSSR count). The van der Waals surface area contributed by atoms with Crippen LogP contribution < -0.4 is 16.2 Å². The van der Waals surface area contributed by atoms with Crippen LogP contribution in [-0.2, 0) is 0 Å². The van der Waals surface area contributed by atoms with Gasteiger partial charge in [0, 0.05) is 36.3 Å². The van der Waals surface area contributed by atoms with Gasteiger partial charge < -0.3 is 10.6 Å². The fraction of sp³-hybridized carbons (Fsp3) is 0.278. The van der Waals surface area contributed by atoms with Crippen LogP contribution in [0.1, 0.15) is 24.5 Å². The van der Waals surface area contributed by atoms with Gasteiger partial charge in [0.2, 0.25) is 5.95 Å². The molecule has 3 aromatic rings. The van der Waals surface area contributed by atoms with Gasteiger partial charge in [-0.25, -0.2) is 4.39 Å². The second-order valence-corrected chi connectivity index (χ2v) is 6.48. The van der Waals surface area contributed by atoms with Crippen molar-refractivity contribution in [2.75, 3.05) is 23.7 Å². The molecule has 1 aliphatic rings. The second-order valence-electron chi connectivity index (χ2n) is 6.48. The number of benzene rings is 1. The van der Waals surface area contributed by atoms with Crippen LogP contribution in [0, 0.1) is 5.82 Å². The molecule has 0 amide bonds. The SMILES string of the molecule is Nc1nc(N2CCC[C@H](c3[nH]ncc3-c3ccc(F)cc3)C2)cc(=O)[nH]1. The zero-order chi connectivity index (χ0) is 18.1. The van der Waals surface area contributed by atoms with E-state index in [9.17, 15) is 9.18 Å². The first-order chi connectivity index (χ1) is 12.6. The van der Waals surface area contributed by atoms with E-state index in [-0.39, 0.29) is 23.2 Å². The third kappa shape index (κ3) is 3.17. The molecule has 26 heavy (non-hydrogen) atoms.